The summed E-state index contributed by atoms with van der Waals surface area (Å²) >= 11 is 0. The summed E-state index contributed by atoms with van der Waals surface area (Å²) < 4.78 is 10.3. The van der Waals surface area contributed by atoms with E-state index in [0.29, 0.717) is 26.2 Å². The Hall–Kier alpha value is -2.81. The van der Waals surface area contributed by atoms with Gasteiger partial charge < -0.3 is 24.1 Å². The third-order valence-corrected chi connectivity index (χ3v) is 4.82. The highest BCUT2D eigenvalue weighted by atomic mass is 16.7. The van der Waals surface area contributed by atoms with E-state index in [0.717, 1.165) is 11.3 Å². The van der Waals surface area contributed by atoms with Gasteiger partial charge in [-0.15, -0.1) is 0 Å². The van der Waals surface area contributed by atoms with Crippen LogP contribution in [0.4, 0.5) is 10.5 Å². The molecule has 0 bridgehead atoms. The first-order chi connectivity index (χ1) is 14.1. The zero-order chi connectivity index (χ0) is 22.3. The van der Waals surface area contributed by atoms with Crippen molar-refractivity contribution in [3.63, 3.8) is 0 Å². The number of rotatable bonds is 6. The van der Waals surface area contributed by atoms with E-state index in [1.807, 2.05) is 45.0 Å². The van der Waals surface area contributed by atoms with Crippen LogP contribution in [0.15, 0.2) is 24.3 Å². The lowest BCUT2D eigenvalue weighted by Crippen LogP contribution is -2.50. The number of carbonyl (C=O) groups is 3. The maximum Gasteiger partial charge on any atom is 0.410 e. The Labute approximate surface area is 177 Å². The topological polar surface area (TPSA) is 111 Å². The van der Waals surface area contributed by atoms with Crippen molar-refractivity contribution in [2.45, 2.75) is 45.1 Å². The quantitative estimate of drug-likeness (QED) is 0.550. The molecule has 0 aromatic heterocycles. The van der Waals surface area contributed by atoms with Gasteiger partial charge in [0.15, 0.2) is 0 Å². The van der Waals surface area contributed by atoms with Crippen LogP contribution in [-0.2, 0) is 23.9 Å². The highest BCUT2D eigenvalue weighted by Gasteiger charge is 2.27. The second kappa shape index (κ2) is 10.3. The third kappa shape index (κ3) is 6.62. The monoisotopic (exact) mass is 421 g/mol. The first-order valence-electron chi connectivity index (χ1n) is 9.95. The van der Waals surface area contributed by atoms with Crippen molar-refractivity contribution in [3.05, 3.63) is 29.8 Å². The molecule has 0 spiro atoms. The van der Waals surface area contributed by atoms with E-state index in [1.54, 1.807) is 4.90 Å². The molecule has 0 radical (unpaired) electrons. The Bertz CT molecular complexity index is 753. The van der Waals surface area contributed by atoms with Crippen LogP contribution in [0.5, 0.6) is 0 Å². The third-order valence-electron chi connectivity index (χ3n) is 4.82. The highest BCUT2D eigenvalue weighted by Crippen LogP contribution is 2.27. The van der Waals surface area contributed by atoms with E-state index in [-0.39, 0.29) is 18.9 Å². The molecule has 1 heterocycles. The van der Waals surface area contributed by atoms with Crippen LogP contribution in [0.1, 0.15) is 45.1 Å². The Balaban J connectivity index is 2.06. The fourth-order valence-corrected chi connectivity index (χ4v) is 3.30. The molecule has 2 rings (SSSR count). The number of hydrogen-bond donors (Lipinski definition) is 1. The zero-order valence-electron chi connectivity index (χ0n) is 18.1. The van der Waals surface area contributed by atoms with E-state index in [4.69, 9.17) is 15.4 Å². The minimum Gasteiger partial charge on any atom is -0.469 e. The van der Waals surface area contributed by atoms with Gasteiger partial charge in [0.1, 0.15) is 5.60 Å². The molecule has 1 aliphatic heterocycles. The number of nitrogens with zero attached hydrogens (tertiary/aromatic N) is 2. The summed E-state index contributed by atoms with van der Waals surface area (Å²) in [7, 11) is 1.32. The molecule has 0 aliphatic carbocycles. The number of amides is 1. The maximum absolute atomic E-state index is 12.3. The molecule has 1 aromatic carbocycles. The minimum atomic E-state index is -0.600. The van der Waals surface area contributed by atoms with Crippen LogP contribution in [0.3, 0.4) is 0 Å². The van der Waals surface area contributed by atoms with Crippen LogP contribution < -0.4 is 10.8 Å². The first kappa shape index (κ1) is 23.5. The number of carbonyl (C=O) groups excluding carboxylic acids is 3. The number of piperazine rings is 1. The summed E-state index contributed by atoms with van der Waals surface area (Å²) in [5, 5.41) is 0. The van der Waals surface area contributed by atoms with Gasteiger partial charge in [-0.25, -0.2) is 4.79 Å². The Morgan fingerprint density at radius 3 is 2.37 bits per heavy atom. The fraction of sp³-hybridized carbons (Fsp3) is 0.571. The summed E-state index contributed by atoms with van der Waals surface area (Å²) in [6.45, 7) is 7.91. The van der Waals surface area contributed by atoms with Crippen molar-refractivity contribution in [3.8, 4) is 0 Å². The number of anilines is 1. The van der Waals surface area contributed by atoms with Gasteiger partial charge in [0, 0.05) is 38.3 Å². The Morgan fingerprint density at radius 2 is 1.80 bits per heavy atom. The van der Waals surface area contributed by atoms with Crippen LogP contribution in [0, 0.1) is 0 Å². The molecule has 1 atom stereocenters. The molecule has 1 saturated heterocycles. The fourth-order valence-electron chi connectivity index (χ4n) is 3.30. The molecule has 1 amide bonds. The Kier molecular flexibility index (Phi) is 8.05. The number of esters is 1. The standard InChI is InChI=1S/C21H31N3O6/c1-21(2,3)29-20(27)24-12-10-23(11-13-24)16-7-5-6-15(14-16)17(19(26)28-4)8-9-18(25)30-22/h5-7,14,17H,8-13,22H2,1-4H3. The van der Waals surface area contributed by atoms with E-state index in [1.165, 1.54) is 7.11 Å². The largest absolute Gasteiger partial charge is 0.469 e. The van der Waals surface area contributed by atoms with Crippen molar-refractivity contribution in [1.82, 2.24) is 4.90 Å². The summed E-state index contributed by atoms with van der Waals surface area (Å²) in [6.07, 6.45) is -0.0679. The number of methoxy groups -OCH3 is 1. The molecule has 9 heteroatoms. The molecular weight excluding hydrogens is 390 g/mol. The molecule has 1 aliphatic rings. The number of benzene rings is 1. The molecule has 2 N–H and O–H groups in total. The summed E-state index contributed by atoms with van der Waals surface area (Å²) in [4.78, 5) is 43.9. The SMILES string of the molecule is COC(=O)C(CCC(=O)ON)c1cccc(N2CCN(C(=O)OC(C)(C)C)CC2)c1. The maximum atomic E-state index is 12.3. The van der Waals surface area contributed by atoms with Gasteiger partial charge in [-0.3, -0.25) is 9.59 Å². The molecule has 0 saturated carbocycles. The second-order valence-corrected chi connectivity index (χ2v) is 8.15. The van der Waals surface area contributed by atoms with Crippen molar-refractivity contribution in [1.29, 1.82) is 0 Å². The van der Waals surface area contributed by atoms with E-state index in [9.17, 15) is 14.4 Å². The molecular formula is C21H31N3O6. The lowest BCUT2D eigenvalue weighted by molar-refractivity contribution is -0.145. The lowest BCUT2D eigenvalue weighted by Gasteiger charge is -2.37. The zero-order valence-corrected chi connectivity index (χ0v) is 18.1. The van der Waals surface area contributed by atoms with Crippen LogP contribution in [0.2, 0.25) is 0 Å². The van der Waals surface area contributed by atoms with Gasteiger partial charge in [-0.2, -0.15) is 5.90 Å². The van der Waals surface area contributed by atoms with E-state index in [2.05, 4.69) is 9.74 Å². The van der Waals surface area contributed by atoms with Gasteiger partial charge in [0.2, 0.25) is 0 Å². The summed E-state index contributed by atoms with van der Waals surface area (Å²) in [5.74, 6) is 3.27. The number of nitrogens with two attached hydrogens (primary N) is 1. The van der Waals surface area contributed by atoms with Gasteiger partial charge in [-0.1, -0.05) is 12.1 Å². The number of ether oxygens (including phenoxy) is 2. The molecule has 9 nitrogen and oxygen atoms in total. The van der Waals surface area contributed by atoms with Gasteiger partial charge in [0.25, 0.3) is 0 Å². The van der Waals surface area contributed by atoms with Crippen molar-refractivity contribution in [2.24, 2.45) is 5.90 Å². The van der Waals surface area contributed by atoms with Crippen molar-refractivity contribution >= 4 is 23.7 Å². The van der Waals surface area contributed by atoms with E-state index < -0.39 is 23.5 Å². The van der Waals surface area contributed by atoms with Crippen LogP contribution in [0.25, 0.3) is 0 Å². The summed E-state index contributed by atoms with van der Waals surface area (Å²) in [6, 6.07) is 7.56. The average Bonchev–Trinajstić information content (AvgIpc) is 2.72. The molecule has 166 valence electrons. The predicted molar refractivity (Wildman–Crippen MR) is 111 cm³/mol. The van der Waals surface area contributed by atoms with Gasteiger partial charge in [-0.05, 0) is 44.9 Å². The second-order valence-electron chi connectivity index (χ2n) is 8.15. The molecule has 1 fully saturated rings. The Morgan fingerprint density at radius 1 is 1.13 bits per heavy atom. The smallest absolute Gasteiger partial charge is 0.410 e. The van der Waals surface area contributed by atoms with Crippen molar-refractivity contribution < 1.29 is 28.7 Å². The van der Waals surface area contributed by atoms with Crippen LogP contribution >= 0.6 is 0 Å². The average molecular weight is 421 g/mol. The molecule has 30 heavy (non-hydrogen) atoms. The first-order valence-corrected chi connectivity index (χ1v) is 9.95. The molecule has 1 aromatic rings. The lowest BCUT2D eigenvalue weighted by atomic mass is 9.93. The van der Waals surface area contributed by atoms with Gasteiger partial charge in [0.05, 0.1) is 13.0 Å². The van der Waals surface area contributed by atoms with Gasteiger partial charge >= 0.3 is 18.0 Å². The summed E-state index contributed by atoms with van der Waals surface area (Å²) in [5.41, 5.74) is 1.16. The highest BCUT2D eigenvalue weighted by molar-refractivity contribution is 5.79. The predicted octanol–water partition coefficient (Wildman–Crippen LogP) is 2.20. The minimum absolute atomic E-state index is 0.00899. The number of hydrogen-bond acceptors (Lipinski definition) is 8. The van der Waals surface area contributed by atoms with Crippen LogP contribution in [-0.4, -0.2) is 61.8 Å². The molecule has 1 unspecified atom stereocenters. The van der Waals surface area contributed by atoms with E-state index >= 15 is 0 Å². The van der Waals surface area contributed by atoms with Crippen molar-refractivity contribution in [2.75, 3.05) is 38.2 Å². The normalized spacial score (nSPS) is 15.4.